The van der Waals surface area contributed by atoms with Crippen molar-refractivity contribution in [3.05, 3.63) is 114 Å². The number of amides is 2. The summed E-state index contributed by atoms with van der Waals surface area (Å²) in [4.78, 5) is 27.1. The lowest BCUT2D eigenvalue weighted by Gasteiger charge is -2.27. The number of ether oxygens (including phenoxy) is 2. The van der Waals surface area contributed by atoms with E-state index in [1.807, 2.05) is 73.7 Å². The highest BCUT2D eigenvalue weighted by Gasteiger charge is 2.32. The molecule has 1 atom stereocenters. The van der Waals surface area contributed by atoms with Crippen LogP contribution in [0, 0.1) is 5.92 Å². The molecule has 3 aromatic rings. The summed E-state index contributed by atoms with van der Waals surface area (Å²) in [6, 6.07) is 24.1. The van der Waals surface area contributed by atoms with E-state index in [9.17, 15) is 9.59 Å². The Hall–Kier alpha value is -4.78. The molecule has 1 aliphatic heterocycles. The zero-order valence-corrected chi connectivity index (χ0v) is 20.9. The Morgan fingerprint density at radius 1 is 0.784 bits per heavy atom. The number of hydrogen-bond donors (Lipinski definition) is 3. The predicted molar refractivity (Wildman–Crippen MR) is 146 cm³/mol. The van der Waals surface area contributed by atoms with E-state index in [1.54, 1.807) is 44.7 Å². The lowest BCUT2D eigenvalue weighted by Crippen LogP contribution is -2.33. The highest BCUT2D eigenvalue weighted by Crippen LogP contribution is 2.33. The number of para-hydroxylation sites is 4. The van der Waals surface area contributed by atoms with E-state index in [-0.39, 0.29) is 11.8 Å². The van der Waals surface area contributed by atoms with Crippen molar-refractivity contribution in [2.24, 2.45) is 5.92 Å². The highest BCUT2D eigenvalue weighted by atomic mass is 16.5. The molecule has 0 saturated heterocycles. The number of carbonyl (C=O) groups is 2. The van der Waals surface area contributed by atoms with E-state index >= 15 is 0 Å². The molecular formula is C30H29N3O4. The van der Waals surface area contributed by atoms with Crippen molar-refractivity contribution < 1.29 is 19.1 Å². The number of nitrogens with one attached hydrogen (secondary N) is 3. The van der Waals surface area contributed by atoms with Crippen LogP contribution in [0.15, 0.2) is 108 Å². The van der Waals surface area contributed by atoms with Crippen LogP contribution in [-0.4, -0.2) is 26.0 Å². The quantitative estimate of drug-likeness (QED) is 0.391. The zero-order valence-electron chi connectivity index (χ0n) is 20.9. The van der Waals surface area contributed by atoms with Gasteiger partial charge in [0.2, 0.25) is 0 Å². The second kappa shape index (κ2) is 11.8. The summed E-state index contributed by atoms with van der Waals surface area (Å²) >= 11 is 0. The molecule has 2 amide bonds. The van der Waals surface area contributed by atoms with E-state index < -0.39 is 5.92 Å². The Morgan fingerprint density at radius 2 is 1.32 bits per heavy atom. The van der Waals surface area contributed by atoms with E-state index in [0.29, 0.717) is 39.7 Å². The minimum atomic E-state index is -0.620. The van der Waals surface area contributed by atoms with Crippen molar-refractivity contribution in [2.45, 2.75) is 6.92 Å². The van der Waals surface area contributed by atoms with Crippen LogP contribution < -0.4 is 25.4 Å². The molecule has 0 fully saturated rings. The summed E-state index contributed by atoms with van der Waals surface area (Å²) in [5.41, 5.74) is 3.47. The Morgan fingerprint density at radius 3 is 1.92 bits per heavy atom. The molecule has 1 aliphatic rings. The lowest BCUT2D eigenvalue weighted by molar-refractivity contribution is -0.113. The van der Waals surface area contributed by atoms with E-state index in [2.05, 4.69) is 16.0 Å². The first-order chi connectivity index (χ1) is 18.0. The molecule has 7 nitrogen and oxygen atoms in total. The van der Waals surface area contributed by atoms with E-state index in [0.717, 1.165) is 5.56 Å². The SMILES string of the molecule is COc1ccccc1NC(=O)C1=CNC(C)=C(C(=O)Nc2ccccc2OC)C1/C=C/c1ccccc1. The normalized spacial score (nSPS) is 15.0. The van der Waals surface area contributed by atoms with Gasteiger partial charge in [-0.1, -0.05) is 66.7 Å². The first-order valence-corrected chi connectivity index (χ1v) is 11.8. The first-order valence-electron chi connectivity index (χ1n) is 11.8. The van der Waals surface area contributed by atoms with Crippen molar-refractivity contribution in [1.29, 1.82) is 0 Å². The molecule has 0 saturated carbocycles. The number of carbonyl (C=O) groups excluding carboxylic acids is 2. The monoisotopic (exact) mass is 495 g/mol. The number of rotatable bonds is 8. The van der Waals surface area contributed by atoms with Crippen LogP contribution in [0.25, 0.3) is 6.08 Å². The van der Waals surface area contributed by atoms with Crippen molar-refractivity contribution in [2.75, 3.05) is 24.9 Å². The maximum absolute atomic E-state index is 13.6. The zero-order chi connectivity index (χ0) is 26.2. The molecule has 3 N–H and O–H groups in total. The van der Waals surface area contributed by atoms with Crippen LogP contribution >= 0.6 is 0 Å². The summed E-state index contributed by atoms with van der Waals surface area (Å²) in [7, 11) is 3.09. The molecule has 0 aromatic heterocycles. The van der Waals surface area contributed by atoms with E-state index in [1.165, 1.54) is 0 Å². The van der Waals surface area contributed by atoms with Gasteiger partial charge in [0, 0.05) is 29.0 Å². The van der Waals surface area contributed by atoms with Gasteiger partial charge in [-0.2, -0.15) is 0 Å². The van der Waals surface area contributed by atoms with Crippen LogP contribution in [-0.2, 0) is 9.59 Å². The van der Waals surface area contributed by atoms with E-state index in [4.69, 9.17) is 9.47 Å². The number of dihydropyridines is 1. The fraction of sp³-hybridized carbons (Fsp3) is 0.133. The third-order valence-corrected chi connectivity index (χ3v) is 5.99. The van der Waals surface area contributed by atoms with Crippen molar-refractivity contribution >= 4 is 29.3 Å². The van der Waals surface area contributed by atoms with Crippen LogP contribution in [0.4, 0.5) is 11.4 Å². The Bertz CT molecular complexity index is 1380. The molecule has 4 rings (SSSR count). The Kier molecular flexibility index (Phi) is 8.05. The summed E-state index contributed by atoms with van der Waals surface area (Å²) < 4.78 is 10.8. The molecule has 7 heteroatoms. The van der Waals surface area contributed by atoms with Gasteiger partial charge >= 0.3 is 0 Å². The standard InChI is InChI=1S/C30H29N3O4/c1-20-28(30(35)33-25-14-8-10-16-27(25)37-3)22(18-17-21-11-5-4-6-12-21)23(19-31-20)29(34)32-24-13-7-9-15-26(24)36-2/h4-19,22,31H,1-3H3,(H,32,34)(H,33,35)/b18-17+. The van der Waals surface area contributed by atoms with Crippen LogP contribution in [0.1, 0.15) is 12.5 Å². The molecule has 188 valence electrons. The maximum Gasteiger partial charge on any atom is 0.254 e. The van der Waals surface area contributed by atoms with Crippen LogP contribution in [0.3, 0.4) is 0 Å². The lowest BCUT2D eigenvalue weighted by atomic mass is 9.85. The third kappa shape index (κ3) is 5.90. The summed E-state index contributed by atoms with van der Waals surface area (Å²) in [6.07, 6.45) is 5.41. The second-order valence-electron chi connectivity index (χ2n) is 8.34. The second-order valence-corrected chi connectivity index (χ2v) is 8.34. The van der Waals surface area contributed by atoms with Crippen LogP contribution in [0.5, 0.6) is 11.5 Å². The minimum Gasteiger partial charge on any atom is -0.495 e. The third-order valence-electron chi connectivity index (χ3n) is 5.99. The van der Waals surface area contributed by atoms with Gasteiger partial charge in [0.15, 0.2) is 0 Å². The molecule has 0 spiro atoms. The Balaban J connectivity index is 1.69. The fourth-order valence-corrected chi connectivity index (χ4v) is 4.11. The van der Waals surface area contributed by atoms with Gasteiger partial charge in [-0.05, 0) is 36.8 Å². The molecule has 3 aromatic carbocycles. The van der Waals surface area contributed by atoms with Gasteiger partial charge in [-0.3, -0.25) is 9.59 Å². The molecule has 37 heavy (non-hydrogen) atoms. The summed E-state index contributed by atoms with van der Waals surface area (Å²) in [5.74, 6) is -0.232. The molecule has 0 bridgehead atoms. The predicted octanol–water partition coefficient (Wildman–Crippen LogP) is 5.37. The Labute approximate surface area is 216 Å². The smallest absolute Gasteiger partial charge is 0.254 e. The molecule has 1 unspecified atom stereocenters. The van der Waals surface area contributed by atoms with Gasteiger partial charge < -0.3 is 25.4 Å². The number of hydrogen-bond acceptors (Lipinski definition) is 5. The molecule has 1 heterocycles. The van der Waals surface area contributed by atoms with Crippen molar-refractivity contribution in [1.82, 2.24) is 5.32 Å². The maximum atomic E-state index is 13.6. The summed E-state index contributed by atoms with van der Waals surface area (Å²) in [6.45, 7) is 1.81. The molecule has 0 radical (unpaired) electrons. The summed E-state index contributed by atoms with van der Waals surface area (Å²) in [5, 5.41) is 8.96. The van der Waals surface area contributed by atoms with Gasteiger partial charge in [0.25, 0.3) is 11.8 Å². The topological polar surface area (TPSA) is 88.7 Å². The number of benzene rings is 3. The molecular weight excluding hydrogens is 466 g/mol. The van der Waals surface area contributed by atoms with Gasteiger partial charge in [0.1, 0.15) is 11.5 Å². The largest absolute Gasteiger partial charge is 0.495 e. The minimum absolute atomic E-state index is 0.340. The molecule has 0 aliphatic carbocycles. The highest BCUT2D eigenvalue weighted by molar-refractivity contribution is 6.11. The van der Waals surface area contributed by atoms with Gasteiger partial charge in [0.05, 0.1) is 25.6 Å². The van der Waals surface area contributed by atoms with Crippen molar-refractivity contribution in [3.63, 3.8) is 0 Å². The van der Waals surface area contributed by atoms with Crippen molar-refractivity contribution in [3.8, 4) is 11.5 Å². The first kappa shape index (κ1) is 25.3. The van der Waals surface area contributed by atoms with Gasteiger partial charge in [-0.15, -0.1) is 0 Å². The number of anilines is 2. The number of allylic oxidation sites excluding steroid dienone is 2. The average molecular weight is 496 g/mol. The average Bonchev–Trinajstić information content (AvgIpc) is 2.92. The van der Waals surface area contributed by atoms with Crippen LogP contribution in [0.2, 0.25) is 0 Å². The fourth-order valence-electron chi connectivity index (χ4n) is 4.11. The van der Waals surface area contributed by atoms with Gasteiger partial charge in [-0.25, -0.2) is 0 Å². The number of methoxy groups -OCH3 is 2.